The molecule has 4 nitrogen and oxygen atoms in total. The number of hydrogen-bond donors (Lipinski definition) is 1. The molecule has 3 aromatic rings. The first kappa shape index (κ1) is 16.5. The fraction of sp³-hybridized carbons (Fsp3) is 0. The van der Waals surface area contributed by atoms with E-state index in [1.54, 1.807) is 0 Å². The van der Waals surface area contributed by atoms with Gasteiger partial charge in [-0.3, -0.25) is 4.79 Å². The molecule has 7 heteroatoms. The second-order valence-electron chi connectivity index (χ2n) is 5.00. The number of ether oxygens (including phenoxy) is 1. The van der Waals surface area contributed by atoms with Crippen LogP contribution in [0.1, 0.15) is 10.4 Å². The lowest BCUT2D eigenvalue weighted by Crippen LogP contribution is -2.14. The fourth-order valence-corrected chi connectivity index (χ4v) is 2.02. The summed E-state index contributed by atoms with van der Waals surface area (Å²) in [7, 11) is 0. The van der Waals surface area contributed by atoms with Crippen LogP contribution < -0.4 is 10.1 Å². The molecule has 0 aliphatic carbocycles. The number of anilines is 1. The number of rotatable bonds is 4. The van der Waals surface area contributed by atoms with Crippen LogP contribution in [0.3, 0.4) is 0 Å². The van der Waals surface area contributed by atoms with Crippen molar-refractivity contribution >= 4 is 11.6 Å². The van der Waals surface area contributed by atoms with Crippen molar-refractivity contribution < 1.29 is 22.7 Å². The number of amides is 1. The maximum atomic E-state index is 13.6. The molecule has 0 fully saturated rings. The van der Waals surface area contributed by atoms with Gasteiger partial charge < -0.3 is 10.1 Å². The van der Waals surface area contributed by atoms with E-state index in [1.165, 1.54) is 54.7 Å². The summed E-state index contributed by atoms with van der Waals surface area (Å²) in [5, 5.41) is 2.41. The van der Waals surface area contributed by atoms with Gasteiger partial charge in [-0.25, -0.2) is 18.2 Å². The lowest BCUT2D eigenvalue weighted by atomic mass is 10.2. The van der Waals surface area contributed by atoms with Gasteiger partial charge in [-0.1, -0.05) is 6.07 Å². The van der Waals surface area contributed by atoms with E-state index < -0.39 is 23.1 Å². The van der Waals surface area contributed by atoms with Crippen molar-refractivity contribution in [2.75, 3.05) is 5.32 Å². The quantitative estimate of drug-likeness (QED) is 0.756. The first-order valence-corrected chi connectivity index (χ1v) is 7.18. The Hall–Kier alpha value is -3.35. The molecule has 0 aliphatic rings. The van der Waals surface area contributed by atoms with Crippen LogP contribution in [0.5, 0.6) is 11.6 Å². The van der Waals surface area contributed by atoms with Crippen LogP contribution in [-0.2, 0) is 0 Å². The number of aromatic nitrogens is 1. The van der Waals surface area contributed by atoms with E-state index in [4.69, 9.17) is 4.74 Å². The molecule has 0 bridgehead atoms. The minimum Gasteiger partial charge on any atom is -0.439 e. The Kier molecular flexibility index (Phi) is 4.65. The van der Waals surface area contributed by atoms with Gasteiger partial charge in [0.25, 0.3) is 5.91 Å². The van der Waals surface area contributed by atoms with Crippen LogP contribution in [0.25, 0.3) is 0 Å². The summed E-state index contributed by atoms with van der Waals surface area (Å²) in [5.74, 6) is -2.89. The zero-order valence-corrected chi connectivity index (χ0v) is 12.7. The molecule has 2 aromatic carbocycles. The number of carbonyl (C=O) groups is 1. The standard InChI is InChI=1S/C18H11F3N2O2/c19-11-4-7-13(8-5-11)25-16-9-6-12(10-22-16)23-18(24)14-2-1-3-15(20)17(14)21/h1-10H,(H,23,24). The average molecular weight is 344 g/mol. The Bertz CT molecular complexity index is 897. The maximum absolute atomic E-state index is 13.6. The lowest BCUT2D eigenvalue weighted by Gasteiger charge is -2.08. The summed E-state index contributed by atoms with van der Waals surface area (Å²) in [6.45, 7) is 0. The van der Waals surface area contributed by atoms with Crippen LogP contribution >= 0.6 is 0 Å². The van der Waals surface area contributed by atoms with Crippen molar-refractivity contribution in [1.29, 1.82) is 0 Å². The van der Waals surface area contributed by atoms with Crippen molar-refractivity contribution in [3.8, 4) is 11.6 Å². The highest BCUT2D eigenvalue weighted by Gasteiger charge is 2.15. The van der Waals surface area contributed by atoms with Crippen LogP contribution in [0, 0.1) is 17.5 Å². The highest BCUT2D eigenvalue weighted by atomic mass is 19.2. The van der Waals surface area contributed by atoms with Crippen molar-refractivity contribution in [3.05, 3.63) is 83.8 Å². The van der Waals surface area contributed by atoms with Crippen LogP contribution in [0.2, 0.25) is 0 Å². The molecule has 0 aliphatic heterocycles. The van der Waals surface area contributed by atoms with E-state index in [-0.39, 0.29) is 17.4 Å². The third-order valence-electron chi connectivity index (χ3n) is 3.23. The zero-order chi connectivity index (χ0) is 17.8. The third-order valence-corrected chi connectivity index (χ3v) is 3.23. The van der Waals surface area contributed by atoms with Gasteiger partial charge in [-0.15, -0.1) is 0 Å². The molecule has 0 spiro atoms. The highest BCUT2D eigenvalue weighted by molar-refractivity contribution is 6.04. The summed E-state index contributed by atoms with van der Waals surface area (Å²) in [6, 6.07) is 11.7. The molecule has 1 N–H and O–H groups in total. The van der Waals surface area contributed by atoms with Gasteiger partial charge in [0.05, 0.1) is 17.4 Å². The van der Waals surface area contributed by atoms with Gasteiger partial charge in [-0.2, -0.15) is 0 Å². The molecule has 0 unspecified atom stereocenters. The van der Waals surface area contributed by atoms with Crippen molar-refractivity contribution in [1.82, 2.24) is 4.98 Å². The predicted octanol–water partition coefficient (Wildman–Crippen LogP) is 4.54. The first-order chi connectivity index (χ1) is 12.0. The van der Waals surface area contributed by atoms with Crippen molar-refractivity contribution in [2.45, 2.75) is 0 Å². The Balaban J connectivity index is 1.69. The molecule has 126 valence electrons. The van der Waals surface area contributed by atoms with E-state index in [9.17, 15) is 18.0 Å². The lowest BCUT2D eigenvalue weighted by molar-refractivity contribution is 0.102. The second-order valence-corrected chi connectivity index (χ2v) is 5.00. The van der Waals surface area contributed by atoms with Gasteiger partial charge >= 0.3 is 0 Å². The number of nitrogens with one attached hydrogen (secondary N) is 1. The maximum Gasteiger partial charge on any atom is 0.258 e. The SMILES string of the molecule is O=C(Nc1ccc(Oc2ccc(F)cc2)nc1)c1cccc(F)c1F. The second kappa shape index (κ2) is 7.04. The highest BCUT2D eigenvalue weighted by Crippen LogP contribution is 2.21. The summed E-state index contributed by atoms with van der Waals surface area (Å²) in [4.78, 5) is 16.0. The number of hydrogen-bond acceptors (Lipinski definition) is 3. The van der Waals surface area contributed by atoms with Gasteiger partial charge in [-0.05, 0) is 42.5 Å². The summed E-state index contributed by atoms with van der Waals surface area (Å²) < 4.78 is 45.0. The number of halogens is 3. The van der Waals surface area contributed by atoms with Crippen molar-refractivity contribution in [3.63, 3.8) is 0 Å². The summed E-state index contributed by atoms with van der Waals surface area (Å²) >= 11 is 0. The number of carbonyl (C=O) groups excluding carboxylic acids is 1. The first-order valence-electron chi connectivity index (χ1n) is 7.18. The van der Waals surface area contributed by atoms with Gasteiger partial charge in [0, 0.05) is 6.07 Å². The van der Waals surface area contributed by atoms with Gasteiger partial charge in [0.2, 0.25) is 5.88 Å². The van der Waals surface area contributed by atoms with E-state index in [2.05, 4.69) is 10.3 Å². The Morgan fingerprint density at radius 2 is 1.72 bits per heavy atom. The van der Waals surface area contributed by atoms with E-state index in [0.717, 1.165) is 6.07 Å². The normalized spacial score (nSPS) is 10.4. The van der Waals surface area contributed by atoms with Crippen LogP contribution in [-0.4, -0.2) is 10.9 Å². The molecular formula is C18H11F3N2O2. The predicted molar refractivity (Wildman–Crippen MR) is 85.0 cm³/mol. The average Bonchev–Trinajstić information content (AvgIpc) is 2.61. The Morgan fingerprint density at radius 3 is 2.40 bits per heavy atom. The molecule has 1 amide bonds. The topological polar surface area (TPSA) is 51.2 Å². The minimum atomic E-state index is -1.22. The van der Waals surface area contributed by atoms with E-state index >= 15 is 0 Å². The summed E-state index contributed by atoms with van der Waals surface area (Å²) in [6.07, 6.45) is 1.30. The van der Waals surface area contributed by atoms with E-state index in [1.807, 2.05) is 0 Å². The third kappa shape index (κ3) is 3.95. The van der Waals surface area contributed by atoms with Crippen LogP contribution in [0.4, 0.5) is 18.9 Å². The van der Waals surface area contributed by atoms with Gasteiger partial charge in [0.15, 0.2) is 11.6 Å². The molecule has 0 radical (unpaired) electrons. The van der Waals surface area contributed by atoms with Crippen LogP contribution in [0.15, 0.2) is 60.8 Å². The molecule has 0 saturated heterocycles. The largest absolute Gasteiger partial charge is 0.439 e. The molecule has 1 heterocycles. The minimum absolute atomic E-state index is 0.224. The number of benzene rings is 2. The van der Waals surface area contributed by atoms with Crippen molar-refractivity contribution in [2.24, 2.45) is 0 Å². The molecule has 0 atom stereocenters. The fourth-order valence-electron chi connectivity index (χ4n) is 2.02. The molecule has 3 rings (SSSR count). The van der Waals surface area contributed by atoms with E-state index in [0.29, 0.717) is 5.75 Å². The molecule has 0 saturated carbocycles. The molecular weight excluding hydrogens is 333 g/mol. The number of nitrogens with zero attached hydrogens (tertiary/aromatic N) is 1. The molecule has 1 aromatic heterocycles. The Morgan fingerprint density at radius 1 is 0.960 bits per heavy atom. The van der Waals surface area contributed by atoms with Gasteiger partial charge in [0.1, 0.15) is 11.6 Å². The number of pyridine rings is 1. The Labute approximate surface area is 140 Å². The smallest absolute Gasteiger partial charge is 0.258 e. The monoisotopic (exact) mass is 344 g/mol. The summed E-state index contributed by atoms with van der Waals surface area (Å²) in [5.41, 5.74) is -0.133. The molecule has 25 heavy (non-hydrogen) atoms. The zero-order valence-electron chi connectivity index (χ0n) is 12.7.